The highest BCUT2D eigenvalue weighted by molar-refractivity contribution is 5.79. The van der Waals surface area contributed by atoms with E-state index in [0.29, 0.717) is 19.0 Å². The van der Waals surface area contributed by atoms with Crippen LogP contribution in [0.4, 0.5) is 0 Å². The first-order valence-electron chi connectivity index (χ1n) is 9.20. The maximum atomic E-state index is 13.0. The van der Waals surface area contributed by atoms with Gasteiger partial charge in [-0.05, 0) is 48.7 Å². The van der Waals surface area contributed by atoms with E-state index in [1.54, 1.807) is 12.5 Å². The van der Waals surface area contributed by atoms with Crippen molar-refractivity contribution in [2.75, 3.05) is 0 Å². The number of benzene rings is 1. The van der Waals surface area contributed by atoms with Crippen LogP contribution >= 0.6 is 0 Å². The minimum Gasteiger partial charge on any atom is -0.467 e. The van der Waals surface area contributed by atoms with Gasteiger partial charge in [0.2, 0.25) is 5.91 Å². The molecular weight excluding hydrogens is 326 g/mol. The zero-order valence-electron chi connectivity index (χ0n) is 14.8. The van der Waals surface area contributed by atoms with Crippen LogP contribution in [-0.4, -0.2) is 26.6 Å². The van der Waals surface area contributed by atoms with Crippen molar-refractivity contribution in [1.82, 2.24) is 14.7 Å². The van der Waals surface area contributed by atoms with Crippen molar-refractivity contribution in [3.8, 4) is 5.69 Å². The molecule has 3 aromatic rings. The molecule has 0 bridgehead atoms. The average Bonchev–Trinajstić information content (AvgIpc) is 3.43. The molecule has 5 nitrogen and oxygen atoms in total. The van der Waals surface area contributed by atoms with Crippen molar-refractivity contribution in [2.24, 2.45) is 0 Å². The number of aromatic nitrogens is 2. The van der Waals surface area contributed by atoms with Crippen molar-refractivity contribution >= 4 is 5.91 Å². The van der Waals surface area contributed by atoms with E-state index in [1.165, 1.54) is 12.8 Å². The molecule has 2 heterocycles. The lowest BCUT2D eigenvalue weighted by Crippen LogP contribution is -2.39. The molecule has 0 saturated heterocycles. The molecule has 0 aliphatic heterocycles. The van der Waals surface area contributed by atoms with Crippen molar-refractivity contribution in [1.29, 1.82) is 0 Å². The molecule has 1 amide bonds. The van der Waals surface area contributed by atoms with Crippen LogP contribution in [0.1, 0.15) is 37.0 Å². The average molecular weight is 349 g/mol. The maximum Gasteiger partial charge on any atom is 0.227 e. The number of amides is 1. The summed E-state index contributed by atoms with van der Waals surface area (Å²) in [5, 5.41) is 4.23. The second kappa shape index (κ2) is 7.60. The van der Waals surface area contributed by atoms with Crippen molar-refractivity contribution in [2.45, 2.75) is 44.7 Å². The summed E-state index contributed by atoms with van der Waals surface area (Å²) in [5.41, 5.74) is 2.02. The van der Waals surface area contributed by atoms with Gasteiger partial charge in [-0.3, -0.25) is 4.79 Å². The Labute approximate surface area is 153 Å². The molecule has 134 valence electrons. The summed E-state index contributed by atoms with van der Waals surface area (Å²) in [6, 6.07) is 14.1. The van der Waals surface area contributed by atoms with Crippen LogP contribution in [0.25, 0.3) is 5.69 Å². The zero-order valence-corrected chi connectivity index (χ0v) is 14.8. The normalized spacial score (nSPS) is 14.6. The number of hydrogen-bond acceptors (Lipinski definition) is 3. The summed E-state index contributed by atoms with van der Waals surface area (Å²) in [4.78, 5) is 15.0. The number of carbonyl (C=O) groups excluding carboxylic acids is 1. The second-order valence-corrected chi connectivity index (χ2v) is 6.83. The number of nitrogens with zero attached hydrogens (tertiary/aromatic N) is 3. The molecule has 26 heavy (non-hydrogen) atoms. The lowest BCUT2D eigenvalue weighted by Gasteiger charge is -2.28. The third-order valence-corrected chi connectivity index (χ3v) is 5.05. The van der Waals surface area contributed by atoms with E-state index in [9.17, 15) is 4.79 Å². The highest BCUT2D eigenvalue weighted by atomic mass is 16.3. The van der Waals surface area contributed by atoms with Gasteiger partial charge in [-0.2, -0.15) is 5.10 Å². The fraction of sp³-hybridized carbons (Fsp3) is 0.333. The van der Waals surface area contributed by atoms with Gasteiger partial charge in [0.05, 0.1) is 24.9 Å². The van der Waals surface area contributed by atoms with E-state index in [4.69, 9.17) is 4.42 Å². The van der Waals surface area contributed by atoms with Crippen molar-refractivity contribution in [3.05, 3.63) is 72.4 Å². The summed E-state index contributed by atoms with van der Waals surface area (Å²) < 4.78 is 7.29. The highest BCUT2D eigenvalue weighted by Gasteiger charge is 2.27. The van der Waals surface area contributed by atoms with E-state index in [-0.39, 0.29) is 5.91 Å². The molecule has 1 saturated carbocycles. The van der Waals surface area contributed by atoms with Crippen LogP contribution in [0.15, 0.2) is 65.5 Å². The summed E-state index contributed by atoms with van der Waals surface area (Å²) in [5.74, 6) is 1.01. The van der Waals surface area contributed by atoms with Crippen LogP contribution in [0, 0.1) is 0 Å². The summed E-state index contributed by atoms with van der Waals surface area (Å²) >= 11 is 0. The Morgan fingerprint density at radius 3 is 2.62 bits per heavy atom. The molecule has 1 aliphatic carbocycles. The van der Waals surface area contributed by atoms with Crippen LogP contribution in [0.5, 0.6) is 0 Å². The SMILES string of the molecule is O=C(Cc1ccc(-n2cccn2)cc1)N(Cc1ccco1)C1CCCC1. The number of hydrogen-bond donors (Lipinski definition) is 0. The summed E-state index contributed by atoms with van der Waals surface area (Å²) in [6.45, 7) is 0.557. The Hall–Kier alpha value is -2.82. The molecule has 0 atom stereocenters. The first kappa shape index (κ1) is 16.6. The number of rotatable bonds is 6. The lowest BCUT2D eigenvalue weighted by molar-refractivity contribution is -0.133. The Balaban J connectivity index is 1.46. The molecular formula is C21H23N3O2. The Bertz CT molecular complexity index is 817. The molecule has 1 aromatic carbocycles. The Morgan fingerprint density at radius 1 is 1.15 bits per heavy atom. The van der Waals surface area contributed by atoms with E-state index in [2.05, 4.69) is 5.10 Å². The predicted molar refractivity (Wildman–Crippen MR) is 98.8 cm³/mol. The Kier molecular flexibility index (Phi) is 4.86. The molecule has 0 spiro atoms. The predicted octanol–water partition coefficient (Wildman–Crippen LogP) is 3.98. The first-order valence-corrected chi connectivity index (χ1v) is 9.20. The third kappa shape index (κ3) is 3.72. The summed E-state index contributed by atoms with van der Waals surface area (Å²) in [7, 11) is 0. The fourth-order valence-corrected chi connectivity index (χ4v) is 3.67. The van der Waals surface area contributed by atoms with E-state index in [0.717, 1.165) is 29.9 Å². The highest BCUT2D eigenvalue weighted by Crippen LogP contribution is 2.26. The molecule has 2 aromatic heterocycles. The number of furan rings is 1. The van der Waals surface area contributed by atoms with Crippen LogP contribution < -0.4 is 0 Å². The van der Waals surface area contributed by atoms with Gasteiger partial charge in [0.15, 0.2) is 0 Å². The molecule has 5 heteroatoms. The lowest BCUT2D eigenvalue weighted by atomic mass is 10.1. The fourth-order valence-electron chi connectivity index (χ4n) is 3.67. The second-order valence-electron chi connectivity index (χ2n) is 6.83. The monoisotopic (exact) mass is 349 g/mol. The molecule has 0 unspecified atom stereocenters. The molecule has 0 radical (unpaired) electrons. The van der Waals surface area contributed by atoms with Gasteiger partial charge in [-0.15, -0.1) is 0 Å². The Morgan fingerprint density at radius 2 is 1.96 bits per heavy atom. The molecule has 1 fully saturated rings. The molecule has 4 rings (SSSR count). The molecule has 0 N–H and O–H groups in total. The van der Waals surface area contributed by atoms with Gasteiger partial charge in [0, 0.05) is 18.4 Å². The van der Waals surface area contributed by atoms with Crippen LogP contribution in [0.2, 0.25) is 0 Å². The van der Waals surface area contributed by atoms with Crippen LogP contribution in [-0.2, 0) is 17.8 Å². The van der Waals surface area contributed by atoms with Crippen molar-refractivity contribution in [3.63, 3.8) is 0 Å². The smallest absolute Gasteiger partial charge is 0.227 e. The van der Waals surface area contributed by atoms with E-state index in [1.807, 2.05) is 58.2 Å². The zero-order chi connectivity index (χ0) is 17.8. The maximum absolute atomic E-state index is 13.0. The largest absolute Gasteiger partial charge is 0.467 e. The van der Waals surface area contributed by atoms with Gasteiger partial charge in [0.1, 0.15) is 5.76 Å². The summed E-state index contributed by atoms with van der Waals surface area (Å²) in [6.07, 6.45) is 10.3. The topological polar surface area (TPSA) is 51.3 Å². The first-order chi connectivity index (χ1) is 12.8. The third-order valence-electron chi connectivity index (χ3n) is 5.05. The van der Waals surface area contributed by atoms with E-state index >= 15 is 0 Å². The molecule has 1 aliphatic rings. The minimum atomic E-state index is 0.167. The van der Waals surface area contributed by atoms with Gasteiger partial charge in [0.25, 0.3) is 0 Å². The minimum absolute atomic E-state index is 0.167. The van der Waals surface area contributed by atoms with E-state index < -0.39 is 0 Å². The standard InChI is InChI=1S/C21H23N3O2/c25-21(15-17-8-10-19(11-9-17)24-13-4-12-22-24)23(18-5-1-2-6-18)16-20-7-3-14-26-20/h3-4,7-14,18H,1-2,5-6,15-16H2. The van der Waals surface area contributed by atoms with Gasteiger partial charge < -0.3 is 9.32 Å². The van der Waals surface area contributed by atoms with Gasteiger partial charge in [-0.25, -0.2) is 4.68 Å². The quantitative estimate of drug-likeness (QED) is 0.676. The van der Waals surface area contributed by atoms with Gasteiger partial charge >= 0.3 is 0 Å². The van der Waals surface area contributed by atoms with Crippen molar-refractivity contribution < 1.29 is 9.21 Å². The van der Waals surface area contributed by atoms with Gasteiger partial charge in [-0.1, -0.05) is 25.0 Å². The van der Waals surface area contributed by atoms with Crippen LogP contribution in [0.3, 0.4) is 0 Å². The number of carbonyl (C=O) groups is 1.